The lowest BCUT2D eigenvalue weighted by atomic mass is 9.90. The van der Waals surface area contributed by atoms with Crippen LogP contribution in [0.15, 0.2) is 28.9 Å². The third-order valence-electron chi connectivity index (χ3n) is 7.31. The molecule has 1 aliphatic carbocycles. The van der Waals surface area contributed by atoms with E-state index in [1.54, 1.807) is 18.5 Å². The Morgan fingerprint density at radius 2 is 2.06 bits per heavy atom. The van der Waals surface area contributed by atoms with E-state index in [1.807, 2.05) is 11.0 Å². The van der Waals surface area contributed by atoms with E-state index in [-0.39, 0.29) is 17.2 Å². The summed E-state index contributed by atoms with van der Waals surface area (Å²) in [4.78, 5) is 44.3. The molecule has 3 aliphatic rings. The number of urea groups is 1. The van der Waals surface area contributed by atoms with Crippen molar-refractivity contribution in [2.75, 3.05) is 26.2 Å². The molecule has 31 heavy (non-hydrogen) atoms. The Morgan fingerprint density at radius 1 is 1.26 bits per heavy atom. The Labute approximate surface area is 179 Å². The largest absolute Gasteiger partial charge is 0.449 e. The van der Waals surface area contributed by atoms with Crippen molar-refractivity contribution in [1.82, 2.24) is 20.1 Å². The van der Waals surface area contributed by atoms with Crippen molar-refractivity contribution in [3.63, 3.8) is 0 Å². The number of hydrogen-bond acceptors (Lipinski definition) is 5. The van der Waals surface area contributed by atoms with Gasteiger partial charge in [-0.05, 0) is 55.6 Å². The molecule has 4 heterocycles. The first-order valence-corrected chi connectivity index (χ1v) is 10.9. The number of aromatic nitrogens is 1. The highest BCUT2D eigenvalue weighted by Crippen LogP contribution is 2.59. The molecular formula is C22H27N5O4. The van der Waals surface area contributed by atoms with Crippen LogP contribution in [0.3, 0.4) is 0 Å². The lowest BCUT2D eigenvalue weighted by molar-refractivity contribution is -0.136. The summed E-state index contributed by atoms with van der Waals surface area (Å²) in [5, 5.41) is 3.86. The van der Waals surface area contributed by atoms with E-state index in [0.717, 1.165) is 31.1 Å². The molecule has 2 aliphatic heterocycles. The molecule has 3 fully saturated rings. The summed E-state index contributed by atoms with van der Waals surface area (Å²) in [6.07, 6.45) is 7.71. The van der Waals surface area contributed by atoms with Gasteiger partial charge in [0.1, 0.15) is 6.04 Å². The van der Waals surface area contributed by atoms with Gasteiger partial charge in [0, 0.05) is 37.8 Å². The second-order valence-corrected chi connectivity index (χ2v) is 9.01. The summed E-state index contributed by atoms with van der Waals surface area (Å²) >= 11 is 0. The van der Waals surface area contributed by atoms with E-state index in [0.29, 0.717) is 49.9 Å². The predicted molar refractivity (Wildman–Crippen MR) is 112 cm³/mol. The van der Waals surface area contributed by atoms with Gasteiger partial charge in [0.15, 0.2) is 11.3 Å². The maximum absolute atomic E-state index is 12.9. The number of hydrogen-bond donors (Lipinski definition) is 2. The number of nitrogens with zero attached hydrogens (tertiary/aromatic N) is 3. The first kappa shape index (κ1) is 19.8. The molecule has 9 heteroatoms. The zero-order valence-corrected chi connectivity index (χ0v) is 17.4. The van der Waals surface area contributed by atoms with Gasteiger partial charge in [-0.3, -0.25) is 14.6 Å². The van der Waals surface area contributed by atoms with Crippen molar-refractivity contribution in [3.8, 4) is 0 Å². The smallest absolute Gasteiger partial charge is 0.315 e. The first-order chi connectivity index (χ1) is 15.0. The molecule has 2 aromatic heterocycles. The number of primary amides is 1. The van der Waals surface area contributed by atoms with Crippen LogP contribution >= 0.6 is 0 Å². The van der Waals surface area contributed by atoms with Crippen LogP contribution in [-0.2, 0) is 4.79 Å². The minimum atomic E-state index is -0.511. The summed E-state index contributed by atoms with van der Waals surface area (Å²) in [5.74, 6) is 0.539. The Kier molecular flexibility index (Phi) is 4.83. The van der Waals surface area contributed by atoms with Crippen molar-refractivity contribution in [2.24, 2.45) is 17.1 Å². The van der Waals surface area contributed by atoms with E-state index in [9.17, 15) is 14.4 Å². The minimum Gasteiger partial charge on any atom is -0.449 e. The number of likely N-dealkylation sites (tertiary alicyclic amines) is 2. The van der Waals surface area contributed by atoms with E-state index in [2.05, 4.69) is 10.3 Å². The second kappa shape index (κ2) is 7.55. The van der Waals surface area contributed by atoms with Crippen LogP contribution in [0.4, 0.5) is 4.79 Å². The molecule has 0 bridgehead atoms. The van der Waals surface area contributed by atoms with Gasteiger partial charge in [-0.1, -0.05) is 0 Å². The lowest BCUT2D eigenvalue weighted by Gasteiger charge is -2.36. The molecule has 2 unspecified atom stereocenters. The fourth-order valence-corrected chi connectivity index (χ4v) is 5.30. The van der Waals surface area contributed by atoms with Crippen molar-refractivity contribution in [2.45, 2.75) is 38.1 Å². The molecule has 2 aromatic rings. The Hall–Kier alpha value is -3.10. The van der Waals surface area contributed by atoms with E-state index < -0.39 is 12.1 Å². The highest BCUT2D eigenvalue weighted by atomic mass is 16.3. The van der Waals surface area contributed by atoms with Crippen LogP contribution in [-0.4, -0.2) is 64.9 Å². The third-order valence-corrected chi connectivity index (χ3v) is 7.31. The van der Waals surface area contributed by atoms with E-state index in [1.165, 1.54) is 4.90 Å². The summed E-state index contributed by atoms with van der Waals surface area (Å²) in [6.45, 7) is 2.57. The van der Waals surface area contributed by atoms with Crippen LogP contribution < -0.4 is 11.1 Å². The molecule has 3 N–H and O–H groups in total. The average molecular weight is 425 g/mol. The summed E-state index contributed by atoms with van der Waals surface area (Å²) in [6, 6.07) is 2.63. The number of amides is 4. The lowest BCUT2D eigenvalue weighted by Crippen LogP contribution is -2.51. The number of furan rings is 1. The fourth-order valence-electron chi connectivity index (χ4n) is 5.30. The zero-order chi connectivity index (χ0) is 21.6. The number of pyridine rings is 1. The molecule has 5 rings (SSSR count). The van der Waals surface area contributed by atoms with Crippen molar-refractivity contribution in [1.29, 1.82) is 0 Å². The van der Waals surface area contributed by atoms with E-state index in [4.69, 9.17) is 10.2 Å². The highest BCUT2D eigenvalue weighted by Gasteiger charge is 2.55. The average Bonchev–Trinajstić information content (AvgIpc) is 3.16. The standard InChI is InChI=1S/C22H27N5O4/c23-21(30)27-7-1-2-16(27)20(29)26-8-4-22(5-9-26)11-15(22)12-25-19(28)17-10-14-3-6-24-13-18(14)31-17/h3,6,10,13,15-16H,1-2,4-5,7-9,11-12H2,(H2,23,30)(H,25,28). The molecule has 1 spiro atoms. The maximum atomic E-state index is 12.9. The van der Waals surface area contributed by atoms with Gasteiger partial charge in [0.25, 0.3) is 5.91 Å². The van der Waals surface area contributed by atoms with Crippen molar-refractivity contribution in [3.05, 3.63) is 30.3 Å². The van der Waals surface area contributed by atoms with Crippen LogP contribution in [0.25, 0.3) is 11.0 Å². The molecular weight excluding hydrogens is 398 g/mol. The molecule has 164 valence electrons. The van der Waals surface area contributed by atoms with Crippen LogP contribution in [0.5, 0.6) is 0 Å². The monoisotopic (exact) mass is 425 g/mol. The Balaban J connectivity index is 1.12. The van der Waals surface area contributed by atoms with Gasteiger partial charge in [0.2, 0.25) is 5.91 Å². The number of carbonyl (C=O) groups excluding carboxylic acids is 3. The van der Waals surface area contributed by atoms with Gasteiger partial charge < -0.3 is 25.3 Å². The zero-order valence-electron chi connectivity index (χ0n) is 17.4. The third kappa shape index (κ3) is 3.62. The number of rotatable bonds is 4. The Morgan fingerprint density at radius 3 is 2.81 bits per heavy atom. The number of nitrogens with two attached hydrogens (primary N) is 1. The summed E-state index contributed by atoms with van der Waals surface area (Å²) < 4.78 is 5.58. The number of fused-ring (bicyclic) bond motifs is 1. The normalized spacial score (nSPS) is 24.5. The molecule has 2 atom stereocenters. The highest BCUT2D eigenvalue weighted by molar-refractivity contribution is 5.95. The number of carbonyl (C=O) groups is 3. The van der Waals surface area contributed by atoms with Gasteiger partial charge in [-0.15, -0.1) is 0 Å². The van der Waals surface area contributed by atoms with Crippen LogP contribution in [0, 0.1) is 11.3 Å². The van der Waals surface area contributed by atoms with Crippen LogP contribution in [0.1, 0.15) is 42.7 Å². The van der Waals surface area contributed by atoms with Crippen molar-refractivity contribution < 1.29 is 18.8 Å². The second-order valence-electron chi connectivity index (χ2n) is 9.01. The Bertz CT molecular complexity index is 993. The minimum absolute atomic E-state index is 0.0241. The van der Waals surface area contributed by atoms with E-state index >= 15 is 0 Å². The van der Waals surface area contributed by atoms with Gasteiger partial charge >= 0.3 is 6.03 Å². The molecule has 4 amide bonds. The van der Waals surface area contributed by atoms with Crippen molar-refractivity contribution >= 4 is 28.8 Å². The van der Waals surface area contributed by atoms with Gasteiger partial charge in [0.05, 0.1) is 6.20 Å². The molecule has 9 nitrogen and oxygen atoms in total. The topological polar surface area (TPSA) is 122 Å². The summed E-state index contributed by atoms with van der Waals surface area (Å²) in [5.41, 5.74) is 6.23. The molecule has 1 saturated carbocycles. The van der Waals surface area contributed by atoms with Crippen LogP contribution in [0.2, 0.25) is 0 Å². The van der Waals surface area contributed by atoms with Gasteiger partial charge in [-0.25, -0.2) is 4.79 Å². The summed E-state index contributed by atoms with van der Waals surface area (Å²) in [7, 11) is 0. The SMILES string of the molecule is NC(=O)N1CCCC1C(=O)N1CCC2(CC1)CC2CNC(=O)c1cc2ccncc2o1. The predicted octanol–water partition coefficient (Wildman–Crippen LogP) is 1.73. The maximum Gasteiger partial charge on any atom is 0.315 e. The van der Waals surface area contributed by atoms with Gasteiger partial charge in [-0.2, -0.15) is 0 Å². The first-order valence-electron chi connectivity index (χ1n) is 10.9. The molecule has 2 saturated heterocycles. The molecule has 0 aromatic carbocycles. The number of piperidine rings is 1. The molecule has 0 radical (unpaired) electrons. The quantitative estimate of drug-likeness (QED) is 0.773. The number of nitrogens with one attached hydrogen (secondary N) is 1. The fraction of sp³-hybridized carbons (Fsp3) is 0.545.